The Kier molecular flexibility index (Phi) is 3.57. The second-order valence-corrected chi connectivity index (χ2v) is 4.04. The molecule has 0 bridgehead atoms. The number of rotatable bonds is 4. The van der Waals surface area contributed by atoms with Crippen LogP contribution in [-0.2, 0) is 6.54 Å². The summed E-state index contributed by atoms with van der Waals surface area (Å²) in [6.07, 6.45) is 0. The highest BCUT2D eigenvalue weighted by molar-refractivity contribution is 5.57. The zero-order chi connectivity index (χ0) is 13.0. The maximum absolute atomic E-state index is 5.88. The highest BCUT2D eigenvalue weighted by atomic mass is 16.5. The Morgan fingerprint density at radius 2 is 1.78 bits per heavy atom. The van der Waals surface area contributed by atoms with Gasteiger partial charge in [-0.2, -0.15) is 0 Å². The van der Waals surface area contributed by atoms with Crippen LogP contribution in [0.2, 0.25) is 0 Å². The smallest absolute Gasteiger partial charge is 0.119 e. The van der Waals surface area contributed by atoms with Gasteiger partial charge in [0.15, 0.2) is 0 Å². The zero-order valence-corrected chi connectivity index (χ0v) is 10.3. The summed E-state index contributed by atoms with van der Waals surface area (Å²) in [5, 5.41) is 3.29. The van der Waals surface area contributed by atoms with Crippen molar-refractivity contribution in [3.63, 3.8) is 0 Å². The molecule has 4 nitrogen and oxygen atoms in total. The molecule has 0 aliphatic carbocycles. The summed E-state index contributed by atoms with van der Waals surface area (Å²) in [5.74, 6) is 0.837. The maximum atomic E-state index is 5.88. The lowest BCUT2D eigenvalue weighted by molar-refractivity contribution is 0.415. The van der Waals surface area contributed by atoms with E-state index in [9.17, 15) is 0 Å². The molecule has 0 aliphatic heterocycles. The van der Waals surface area contributed by atoms with Gasteiger partial charge in [0.1, 0.15) is 5.75 Å². The number of hydrogen-bond acceptors (Lipinski definition) is 4. The van der Waals surface area contributed by atoms with Crippen LogP contribution >= 0.6 is 0 Å². The lowest BCUT2D eigenvalue weighted by Gasteiger charge is -2.10. The van der Waals surface area contributed by atoms with Crippen LogP contribution in [0.1, 0.15) is 5.56 Å². The highest BCUT2D eigenvalue weighted by Crippen LogP contribution is 2.19. The average Bonchev–Trinajstić information content (AvgIpc) is 2.40. The van der Waals surface area contributed by atoms with E-state index in [1.165, 1.54) is 0 Å². The quantitative estimate of drug-likeness (QED) is 0.721. The third kappa shape index (κ3) is 2.85. The van der Waals surface area contributed by atoms with E-state index in [0.717, 1.165) is 28.4 Å². The Hall–Kier alpha value is -2.36. The molecule has 2 aromatic rings. The van der Waals surface area contributed by atoms with Crippen molar-refractivity contribution >= 4 is 17.1 Å². The lowest BCUT2D eigenvalue weighted by atomic mass is 10.1. The molecule has 0 fully saturated rings. The molecule has 4 heteroatoms. The van der Waals surface area contributed by atoms with Crippen molar-refractivity contribution in [1.82, 2.24) is 0 Å². The summed E-state index contributed by atoms with van der Waals surface area (Å²) in [4.78, 5) is 0. The first kappa shape index (κ1) is 12.1. The molecule has 0 spiro atoms. The molecule has 2 rings (SSSR count). The van der Waals surface area contributed by atoms with E-state index >= 15 is 0 Å². The highest BCUT2D eigenvalue weighted by Gasteiger charge is 2.00. The summed E-state index contributed by atoms with van der Waals surface area (Å²) >= 11 is 0. The van der Waals surface area contributed by atoms with Crippen molar-refractivity contribution in [1.29, 1.82) is 0 Å². The summed E-state index contributed by atoms with van der Waals surface area (Å²) in [6, 6.07) is 13.2. The van der Waals surface area contributed by atoms with Gasteiger partial charge in [0.05, 0.1) is 7.11 Å². The summed E-state index contributed by atoms with van der Waals surface area (Å²) in [6.45, 7) is 0.642. The van der Waals surface area contributed by atoms with Crippen molar-refractivity contribution < 1.29 is 4.74 Å². The van der Waals surface area contributed by atoms with Crippen molar-refractivity contribution in [2.45, 2.75) is 6.54 Å². The SMILES string of the molecule is COc1ccc(NCc2cc(N)ccc2N)cc1. The molecule has 2 aromatic carbocycles. The maximum Gasteiger partial charge on any atom is 0.119 e. The van der Waals surface area contributed by atoms with Gasteiger partial charge in [0.2, 0.25) is 0 Å². The Labute approximate surface area is 107 Å². The molecule has 0 unspecified atom stereocenters. The molecule has 0 heterocycles. The molecular formula is C14H17N3O. The van der Waals surface area contributed by atoms with Crippen LogP contribution in [0.5, 0.6) is 5.75 Å². The van der Waals surface area contributed by atoms with Crippen molar-refractivity contribution in [2.75, 3.05) is 23.9 Å². The van der Waals surface area contributed by atoms with Crippen LogP contribution in [0.3, 0.4) is 0 Å². The van der Waals surface area contributed by atoms with Gasteiger partial charge in [-0.1, -0.05) is 0 Å². The van der Waals surface area contributed by atoms with Crippen molar-refractivity contribution in [2.24, 2.45) is 0 Å². The van der Waals surface area contributed by atoms with E-state index in [1.807, 2.05) is 36.4 Å². The molecule has 0 atom stereocenters. The molecule has 5 N–H and O–H groups in total. The van der Waals surface area contributed by atoms with Gasteiger partial charge in [0.25, 0.3) is 0 Å². The molecule has 0 amide bonds. The van der Waals surface area contributed by atoms with Crippen LogP contribution in [-0.4, -0.2) is 7.11 Å². The topological polar surface area (TPSA) is 73.3 Å². The monoisotopic (exact) mass is 243 g/mol. The van der Waals surface area contributed by atoms with Gasteiger partial charge >= 0.3 is 0 Å². The number of nitrogen functional groups attached to an aromatic ring is 2. The first-order valence-corrected chi connectivity index (χ1v) is 5.71. The van der Waals surface area contributed by atoms with Gasteiger partial charge in [-0.25, -0.2) is 0 Å². The van der Waals surface area contributed by atoms with Crippen LogP contribution in [0.4, 0.5) is 17.1 Å². The van der Waals surface area contributed by atoms with Crippen LogP contribution in [0.25, 0.3) is 0 Å². The van der Waals surface area contributed by atoms with Gasteiger partial charge in [0, 0.05) is 23.6 Å². The number of ether oxygens (including phenoxy) is 1. The predicted molar refractivity (Wildman–Crippen MR) is 75.6 cm³/mol. The lowest BCUT2D eigenvalue weighted by Crippen LogP contribution is -2.03. The van der Waals surface area contributed by atoms with E-state index < -0.39 is 0 Å². The van der Waals surface area contributed by atoms with Crippen molar-refractivity contribution in [3.05, 3.63) is 48.0 Å². The van der Waals surface area contributed by atoms with Gasteiger partial charge in [-0.3, -0.25) is 0 Å². The number of anilines is 3. The summed E-state index contributed by atoms with van der Waals surface area (Å²) in [5.41, 5.74) is 15.1. The molecule has 0 aromatic heterocycles. The third-order valence-electron chi connectivity index (χ3n) is 2.74. The molecule has 18 heavy (non-hydrogen) atoms. The van der Waals surface area contributed by atoms with E-state index in [-0.39, 0.29) is 0 Å². The predicted octanol–water partition coefficient (Wildman–Crippen LogP) is 2.47. The molecule has 0 radical (unpaired) electrons. The molecule has 0 saturated carbocycles. The van der Waals surface area contributed by atoms with E-state index in [4.69, 9.17) is 16.2 Å². The summed E-state index contributed by atoms with van der Waals surface area (Å²) < 4.78 is 5.10. The van der Waals surface area contributed by atoms with E-state index in [0.29, 0.717) is 6.54 Å². The van der Waals surface area contributed by atoms with Crippen LogP contribution in [0.15, 0.2) is 42.5 Å². The minimum Gasteiger partial charge on any atom is -0.497 e. The van der Waals surface area contributed by atoms with Gasteiger partial charge in [-0.05, 0) is 48.0 Å². The van der Waals surface area contributed by atoms with E-state index in [2.05, 4.69) is 5.32 Å². The van der Waals surface area contributed by atoms with Crippen molar-refractivity contribution in [3.8, 4) is 5.75 Å². The minimum absolute atomic E-state index is 0.642. The van der Waals surface area contributed by atoms with E-state index in [1.54, 1.807) is 13.2 Å². The Bertz CT molecular complexity index is 523. The Morgan fingerprint density at radius 1 is 1.06 bits per heavy atom. The Balaban J connectivity index is 2.04. The first-order valence-electron chi connectivity index (χ1n) is 5.71. The number of benzene rings is 2. The van der Waals surface area contributed by atoms with Crippen LogP contribution < -0.4 is 21.5 Å². The zero-order valence-electron chi connectivity index (χ0n) is 10.3. The number of nitrogens with one attached hydrogen (secondary N) is 1. The number of hydrogen-bond donors (Lipinski definition) is 3. The fraction of sp³-hybridized carbons (Fsp3) is 0.143. The third-order valence-corrected chi connectivity index (χ3v) is 2.74. The summed E-state index contributed by atoms with van der Waals surface area (Å²) in [7, 11) is 1.65. The average molecular weight is 243 g/mol. The largest absolute Gasteiger partial charge is 0.497 e. The minimum atomic E-state index is 0.642. The second-order valence-electron chi connectivity index (χ2n) is 4.04. The first-order chi connectivity index (χ1) is 8.69. The molecule has 0 saturated heterocycles. The number of methoxy groups -OCH3 is 1. The van der Waals surface area contributed by atoms with Gasteiger partial charge < -0.3 is 21.5 Å². The molecule has 94 valence electrons. The molecular weight excluding hydrogens is 226 g/mol. The molecule has 0 aliphatic rings. The standard InChI is InChI=1S/C14H17N3O/c1-18-13-5-3-12(4-6-13)17-9-10-8-11(15)2-7-14(10)16/h2-8,17H,9,15-16H2,1H3. The fourth-order valence-electron chi connectivity index (χ4n) is 1.68. The second kappa shape index (κ2) is 5.31. The Morgan fingerprint density at radius 3 is 2.44 bits per heavy atom. The van der Waals surface area contributed by atoms with Crippen LogP contribution in [0, 0.1) is 0 Å². The fourth-order valence-corrected chi connectivity index (χ4v) is 1.68. The van der Waals surface area contributed by atoms with Gasteiger partial charge in [-0.15, -0.1) is 0 Å². The normalized spacial score (nSPS) is 10.1. The number of nitrogens with two attached hydrogens (primary N) is 2.